The number of pyridine rings is 2. The molecule has 2 aromatic carbocycles. The number of carbonyl (C=O) groups excluding carboxylic acids is 1. The number of hydrogen-bond donors (Lipinski definition) is 1. The normalized spacial score (nSPS) is 16.7. The summed E-state index contributed by atoms with van der Waals surface area (Å²) in [5.41, 5.74) is 11.3. The number of nitrogens with one attached hydrogen (secondary N) is 1. The van der Waals surface area contributed by atoms with Gasteiger partial charge in [-0.3, -0.25) is 9.78 Å². The van der Waals surface area contributed by atoms with Gasteiger partial charge in [-0.05, 0) is 58.4 Å². The van der Waals surface area contributed by atoms with Crippen LogP contribution in [-0.2, 0) is 12.8 Å². The maximum Gasteiger partial charge on any atom is 0.164 e. The molecule has 0 bridgehead atoms. The molecule has 0 radical (unpaired) electrons. The Morgan fingerprint density at radius 1 is 1.00 bits per heavy atom. The highest BCUT2D eigenvalue weighted by molar-refractivity contribution is 6.02. The molecule has 1 atom stereocenters. The number of aromatic nitrogens is 2. The highest BCUT2D eigenvalue weighted by atomic mass is 16.1. The van der Waals surface area contributed by atoms with E-state index in [9.17, 15) is 4.79 Å². The van der Waals surface area contributed by atoms with Crippen LogP contribution in [0.2, 0.25) is 0 Å². The monoisotopic (exact) mass is 455 g/mol. The van der Waals surface area contributed by atoms with E-state index in [1.54, 1.807) is 6.20 Å². The van der Waals surface area contributed by atoms with E-state index in [-0.39, 0.29) is 11.7 Å². The first-order valence-electron chi connectivity index (χ1n) is 12.4. The summed E-state index contributed by atoms with van der Waals surface area (Å²) < 4.78 is 0. The maximum atomic E-state index is 13.6. The molecular weight excluding hydrogens is 430 g/mol. The van der Waals surface area contributed by atoms with Crippen molar-refractivity contribution in [1.29, 1.82) is 0 Å². The number of carbonyl (C=O) groups is 1. The molecule has 170 valence electrons. The van der Waals surface area contributed by atoms with E-state index in [4.69, 9.17) is 4.98 Å². The lowest BCUT2D eigenvalue weighted by Crippen LogP contribution is -2.13. The van der Waals surface area contributed by atoms with Crippen LogP contribution in [0.25, 0.3) is 28.3 Å². The van der Waals surface area contributed by atoms with Gasteiger partial charge < -0.3 is 5.32 Å². The second-order valence-corrected chi connectivity index (χ2v) is 9.62. The number of anilines is 1. The number of Topliss-reactive ketones (excluding diaryl/α,β-unsaturated/α-hetero) is 1. The van der Waals surface area contributed by atoms with Gasteiger partial charge in [0.2, 0.25) is 0 Å². The van der Waals surface area contributed by atoms with Gasteiger partial charge in [-0.2, -0.15) is 0 Å². The van der Waals surface area contributed by atoms with E-state index in [0.29, 0.717) is 6.42 Å². The number of hydrogen-bond acceptors (Lipinski definition) is 4. The first kappa shape index (κ1) is 20.3. The molecule has 0 spiro atoms. The number of benzene rings is 2. The number of aryl methyl sites for hydroxylation is 1. The van der Waals surface area contributed by atoms with Crippen molar-refractivity contribution in [3.05, 3.63) is 107 Å². The summed E-state index contributed by atoms with van der Waals surface area (Å²) in [6, 6.07) is 19.2. The van der Waals surface area contributed by atoms with Crippen LogP contribution in [0, 0.1) is 0 Å². The van der Waals surface area contributed by atoms with E-state index in [1.165, 1.54) is 33.4 Å². The van der Waals surface area contributed by atoms with Crippen molar-refractivity contribution in [2.24, 2.45) is 0 Å². The van der Waals surface area contributed by atoms with E-state index in [0.717, 1.165) is 54.0 Å². The van der Waals surface area contributed by atoms with Gasteiger partial charge >= 0.3 is 0 Å². The van der Waals surface area contributed by atoms with Gasteiger partial charge in [-0.1, -0.05) is 54.6 Å². The van der Waals surface area contributed by atoms with Crippen LogP contribution in [0.3, 0.4) is 0 Å². The van der Waals surface area contributed by atoms with Gasteiger partial charge in [0, 0.05) is 54.4 Å². The Bertz CT molecular complexity index is 1530. The summed E-state index contributed by atoms with van der Waals surface area (Å²) in [7, 11) is 0. The third-order valence-corrected chi connectivity index (χ3v) is 7.63. The number of rotatable bonds is 4. The fourth-order valence-corrected chi connectivity index (χ4v) is 6.00. The second kappa shape index (κ2) is 8.02. The zero-order valence-corrected chi connectivity index (χ0v) is 19.4. The predicted octanol–water partition coefficient (Wildman–Crippen LogP) is 6.46. The molecule has 1 unspecified atom stereocenters. The fraction of sp³-hybridized carbons (Fsp3) is 0.194. The van der Waals surface area contributed by atoms with Crippen LogP contribution in [0.4, 0.5) is 5.82 Å². The molecule has 4 heteroatoms. The maximum absolute atomic E-state index is 13.6. The summed E-state index contributed by atoms with van der Waals surface area (Å²) >= 11 is 0. The quantitative estimate of drug-likeness (QED) is 0.359. The van der Waals surface area contributed by atoms with Crippen molar-refractivity contribution in [3.8, 4) is 22.3 Å². The molecule has 3 aliphatic rings. The van der Waals surface area contributed by atoms with Gasteiger partial charge in [0.1, 0.15) is 5.82 Å². The molecule has 35 heavy (non-hydrogen) atoms. The Balaban J connectivity index is 1.32. The smallest absolute Gasteiger partial charge is 0.164 e. The number of fused-ring (bicyclic) bond motifs is 5. The van der Waals surface area contributed by atoms with Crippen LogP contribution in [0.15, 0.2) is 73.1 Å². The Labute approximate surface area is 204 Å². The molecule has 0 fully saturated rings. The minimum absolute atomic E-state index is 0.0371. The third kappa shape index (κ3) is 3.24. The first-order valence-corrected chi connectivity index (χ1v) is 12.4. The van der Waals surface area contributed by atoms with E-state index in [1.807, 2.05) is 18.3 Å². The van der Waals surface area contributed by atoms with Crippen molar-refractivity contribution < 1.29 is 4.79 Å². The molecule has 1 N–H and O–H groups in total. The lowest BCUT2D eigenvalue weighted by molar-refractivity contribution is 0.0977. The van der Waals surface area contributed by atoms with Crippen molar-refractivity contribution >= 4 is 17.7 Å². The SMILES string of the molecule is O=C(CC1c2ccccc2-c2c(-c3cnc4c(c3)CCCN4)cccc21)c1ccnc2c1C=CC2. The molecule has 1 aliphatic heterocycles. The summed E-state index contributed by atoms with van der Waals surface area (Å²) in [6.45, 7) is 0.986. The number of ketones is 1. The Hall–Kier alpha value is -4.05. The summed E-state index contributed by atoms with van der Waals surface area (Å²) in [5.74, 6) is 1.22. The average molecular weight is 456 g/mol. The third-order valence-electron chi connectivity index (χ3n) is 7.63. The van der Waals surface area contributed by atoms with Gasteiger partial charge in [0.15, 0.2) is 5.78 Å². The summed E-state index contributed by atoms with van der Waals surface area (Å²) in [6.07, 6.45) is 11.3. The average Bonchev–Trinajstić information content (AvgIpc) is 3.51. The second-order valence-electron chi connectivity index (χ2n) is 9.62. The van der Waals surface area contributed by atoms with Gasteiger partial charge in [-0.15, -0.1) is 0 Å². The molecule has 7 rings (SSSR count). The Kier molecular flexibility index (Phi) is 4.66. The molecule has 2 aliphatic carbocycles. The van der Waals surface area contributed by atoms with Crippen LogP contribution in [-0.4, -0.2) is 22.3 Å². The number of allylic oxidation sites excluding steroid dienone is 1. The fourth-order valence-electron chi connectivity index (χ4n) is 6.00. The van der Waals surface area contributed by atoms with Crippen molar-refractivity contribution in [2.45, 2.75) is 31.6 Å². The highest BCUT2D eigenvalue weighted by Gasteiger charge is 2.33. The minimum Gasteiger partial charge on any atom is -0.370 e. The summed E-state index contributed by atoms with van der Waals surface area (Å²) in [5, 5.41) is 3.41. The lowest BCUT2D eigenvalue weighted by atomic mass is 9.88. The van der Waals surface area contributed by atoms with Crippen LogP contribution in [0.5, 0.6) is 0 Å². The Morgan fingerprint density at radius 3 is 2.86 bits per heavy atom. The van der Waals surface area contributed by atoms with E-state index in [2.05, 4.69) is 64.9 Å². The zero-order chi connectivity index (χ0) is 23.4. The van der Waals surface area contributed by atoms with Crippen molar-refractivity contribution in [1.82, 2.24) is 9.97 Å². The highest BCUT2D eigenvalue weighted by Crippen LogP contribution is 2.50. The molecule has 0 saturated carbocycles. The topological polar surface area (TPSA) is 54.9 Å². The molecular formula is C31H25N3O. The zero-order valence-electron chi connectivity index (χ0n) is 19.4. The molecule has 4 aromatic rings. The van der Waals surface area contributed by atoms with Crippen LogP contribution in [0.1, 0.15) is 57.1 Å². The molecule has 0 amide bonds. The number of nitrogens with zero attached hydrogens (tertiary/aromatic N) is 2. The van der Waals surface area contributed by atoms with Gasteiger partial charge in [0.05, 0.1) is 5.69 Å². The molecule has 4 nitrogen and oxygen atoms in total. The largest absolute Gasteiger partial charge is 0.370 e. The molecule has 0 saturated heterocycles. The van der Waals surface area contributed by atoms with Crippen LogP contribution < -0.4 is 5.32 Å². The van der Waals surface area contributed by atoms with Crippen molar-refractivity contribution in [3.63, 3.8) is 0 Å². The van der Waals surface area contributed by atoms with E-state index < -0.39 is 0 Å². The van der Waals surface area contributed by atoms with Gasteiger partial charge in [0.25, 0.3) is 0 Å². The van der Waals surface area contributed by atoms with Crippen LogP contribution >= 0.6 is 0 Å². The lowest BCUT2D eigenvalue weighted by Gasteiger charge is -2.18. The predicted molar refractivity (Wildman–Crippen MR) is 140 cm³/mol. The molecule has 2 aromatic heterocycles. The van der Waals surface area contributed by atoms with Gasteiger partial charge in [-0.25, -0.2) is 4.98 Å². The van der Waals surface area contributed by atoms with E-state index >= 15 is 0 Å². The molecule has 3 heterocycles. The standard InChI is InChI=1S/C31H25N3O/c35-29(24-13-15-32-28-12-4-10-23(24)28)17-27-22-7-1-2-8-25(22)30-21(9-3-11-26(27)30)20-16-19-6-5-14-33-31(19)34-18-20/h1-4,7-11,13,15-16,18,27H,5-6,12,14,17H2,(H,33,34). The Morgan fingerprint density at radius 2 is 1.89 bits per heavy atom. The first-order chi connectivity index (χ1) is 17.3. The summed E-state index contributed by atoms with van der Waals surface area (Å²) in [4.78, 5) is 22.8. The van der Waals surface area contributed by atoms with Crippen molar-refractivity contribution in [2.75, 3.05) is 11.9 Å². The minimum atomic E-state index is 0.0371.